The fourth-order valence-electron chi connectivity index (χ4n) is 8.42. The molecule has 0 N–H and O–H groups in total. The summed E-state index contributed by atoms with van der Waals surface area (Å²) in [7, 11) is 0. The van der Waals surface area contributed by atoms with Crippen molar-refractivity contribution in [3.05, 3.63) is 111 Å². The smallest absolute Gasteiger partial charge is 0.161 e. The molecule has 45 heavy (non-hydrogen) atoms. The van der Waals surface area contributed by atoms with Gasteiger partial charge in [-0.15, -0.1) is 0 Å². The second-order valence-corrected chi connectivity index (χ2v) is 14.4. The average Bonchev–Trinajstić information content (AvgIpc) is 3.39. The van der Waals surface area contributed by atoms with Crippen LogP contribution in [-0.2, 0) is 29.3 Å². The zero-order valence-corrected chi connectivity index (χ0v) is 26.9. The Morgan fingerprint density at radius 2 is 1.49 bits per heavy atom. The van der Waals surface area contributed by atoms with E-state index >= 15 is 0 Å². The van der Waals surface area contributed by atoms with Crippen LogP contribution in [0.2, 0.25) is 0 Å². The highest BCUT2D eigenvalue weighted by molar-refractivity contribution is 5.65. The Balaban J connectivity index is 1.24. The standard InChI is InChI=1S/C39H40N4O2/c1-6-8-26(18-40)11-12-42-20-28-14-31-33(16-35(28)44-24-42)39(22-37(31,2)3)23-38(4,5)32-15-29-21-43(25-45-36(29)17-34(32)39)30-10-7-9-27(13-30)19-41/h6-11,13-17H,12,20-25H2,1-5H3/b8-6-,26-11+. The lowest BCUT2D eigenvalue weighted by Gasteiger charge is -2.34. The summed E-state index contributed by atoms with van der Waals surface area (Å²) in [6.45, 7) is 14.7. The molecule has 3 aromatic carbocycles. The molecule has 0 saturated heterocycles. The summed E-state index contributed by atoms with van der Waals surface area (Å²) in [6.07, 6.45) is 7.81. The molecule has 7 rings (SSSR count). The van der Waals surface area contributed by atoms with E-state index < -0.39 is 0 Å². The average molecular weight is 597 g/mol. The third kappa shape index (κ3) is 4.80. The van der Waals surface area contributed by atoms with Gasteiger partial charge in [0, 0.05) is 47.4 Å². The maximum absolute atomic E-state index is 9.42. The molecule has 0 saturated carbocycles. The fraction of sp³-hybridized carbons (Fsp3) is 0.385. The van der Waals surface area contributed by atoms with Crippen molar-refractivity contribution in [1.29, 1.82) is 10.5 Å². The summed E-state index contributed by atoms with van der Waals surface area (Å²) < 4.78 is 12.9. The number of fused-ring (bicyclic) bond motifs is 6. The highest BCUT2D eigenvalue weighted by Crippen LogP contribution is 2.64. The molecule has 0 radical (unpaired) electrons. The van der Waals surface area contributed by atoms with E-state index in [0.29, 0.717) is 31.1 Å². The number of nitrogens with zero attached hydrogens (tertiary/aromatic N) is 4. The van der Waals surface area contributed by atoms with E-state index in [0.717, 1.165) is 43.1 Å². The molecule has 0 amide bonds. The summed E-state index contributed by atoms with van der Waals surface area (Å²) >= 11 is 0. The third-order valence-corrected chi connectivity index (χ3v) is 10.3. The quantitative estimate of drug-likeness (QED) is 0.227. The van der Waals surface area contributed by atoms with Gasteiger partial charge in [-0.25, -0.2) is 0 Å². The minimum absolute atomic E-state index is 0.00342. The largest absolute Gasteiger partial charge is 0.478 e. The zero-order chi connectivity index (χ0) is 31.6. The van der Waals surface area contributed by atoms with Crippen LogP contribution in [0.15, 0.2) is 72.3 Å². The predicted molar refractivity (Wildman–Crippen MR) is 176 cm³/mol. The molecule has 228 valence electrons. The van der Waals surface area contributed by atoms with Crippen LogP contribution in [-0.4, -0.2) is 24.9 Å². The van der Waals surface area contributed by atoms with Gasteiger partial charge in [-0.3, -0.25) is 4.90 Å². The van der Waals surface area contributed by atoms with E-state index in [1.54, 1.807) is 0 Å². The second kappa shape index (κ2) is 10.5. The van der Waals surface area contributed by atoms with E-state index in [1.807, 2.05) is 49.4 Å². The van der Waals surface area contributed by atoms with Gasteiger partial charge in [0.05, 0.1) is 17.7 Å². The van der Waals surface area contributed by atoms with Crippen molar-refractivity contribution < 1.29 is 9.47 Å². The highest BCUT2D eigenvalue weighted by Gasteiger charge is 2.57. The van der Waals surface area contributed by atoms with Crippen molar-refractivity contribution >= 4 is 5.69 Å². The van der Waals surface area contributed by atoms with Crippen molar-refractivity contribution in [2.45, 2.75) is 76.8 Å². The van der Waals surface area contributed by atoms with E-state index in [1.165, 1.54) is 33.4 Å². The molecule has 1 unspecified atom stereocenters. The summed E-state index contributed by atoms with van der Waals surface area (Å²) in [5.41, 5.74) is 10.3. The summed E-state index contributed by atoms with van der Waals surface area (Å²) in [5, 5.41) is 18.8. The maximum atomic E-state index is 9.42. The van der Waals surface area contributed by atoms with Crippen molar-refractivity contribution in [3.8, 4) is 23.6 Å². The highest BCUT2D eigenvalue weighted by atomic mass is 16.5. The molecular formula is C39H40N4O2. The van der Waals surface area contributed by atoms with Crippen LogP contribution in [0.1, 0.15) is 86.4 Å². The van der Waals surface area contributed by atoms with Gasteiger partial charge in [-0.1, -0.05) is 45.9 Å². The lowest BCUT2D eigenvalue weighted by Crippen LogP contribution is -2.33. The molecule has 0 bridgehead atoms. The van der Waals surface area contributed by atoms with Crippen molar-refractivity contribution in [3.63, 3.8) is 0 Å². The lowest BCUT2D eigenvalue weighted by molar-refractivity contribution is 0.107. The first kappa shape index (κ1) is 29.2. The van der Waals surface area contributed by atoms with Gasteiger partial charge in [0.25, 0.3) is 0 Å². The number of nitriles is 2. The van der Waals surface area contributed by atoms with E-state index in [-0.39, 0.29) is 16.2 Å². The van der Waals surface area contributed by atoms with Crippen LogP contribution >= 0.6 is 0 Å². The zero-order valence-electron chi connectivity index (χ0n) is 26.9. The van der Waals surface area contributed by atoms with Crippen LogP contribution in [0, 0.1) is 22.7 Å². The molecule has 2 heterocycles. The number of allylic oxidation sites excluding steroid dienone is 3. The van der Waals surface area contributed by atoms with Crippen LogP contribution in [0.4, 0.5) is 5.69 Å². The van der Waals surface area contributed by atoms with Crippen molar-refractivity contribution in [2.24, 2.45) is 0 Å². The van der Waals surface area contributed by atoms with Crippen molar-refractivity contribution in [1.82, 2.24) is 4.90 Å². The monoisotopic (exact) mass is 596 g/mol. The molecule has 1 spiro atoms. The summed E-state index contributed by atoms with van der Waals surface area (Å²) in [4.78, 5) is 4.44. The van der Waals surface area contributed by atoms with Gasteiger partial charge >= 0.3 is 0 Å². The Bertz CT molecular complexity index is 1850. The lowest BCUT2D eigenvalue weighted by atomic mass is 9.72. The number of hydrogen-bond donors (Lipinski definition) is 0. The number of anilines is 1. The van der Waals surface area contributed by atoms with Gasteiger partial charge in [0.1, 0.15) is 18.2 Å². The van der Waals surface area contributed by atoms with Gasteiger partial charge in [0.2, 0.25) is 0 Å². The van der Waals surface area contributed by atoms with E-state index in [2.05, 4.69) is 73.9 Å². The van der Waals surface area contributed by atoms with Gasteiger partial charge in [-0.05, 0) is 101 Å². The second-order valence-electron chi connectivity index (χ2n) is 14.4. The molecule has 6 heteroatoms. The van der Waals surface area contributed by atoms with Crippen LogP contribution in [0.3, 0.4) is 0 Å². The predicted octanol–water partition coefficient (Wildman–Crippen LogP) is 7.74. The Morgan fingerprint density at radius 1 is 0.844 bits per heavy atom. The summed E-state index contributed by atoms with van der Waals surface area (Å²) in [5.74, 6) is 1.95. The minimum Gasteiger partial charge on any atom is -0.478 e. The Kier molecular flexibility index (Phi) is 6.84. The first-order chi connectivity index (χ1) is 21.6. The molecule has 4 aliphatic rings. The third-order valence-electron chi connectivity index (χ3n) is 10.3. The number of ether oxygens (including phenoxy) is 2. The van der Waals surface area contributed by atoms with Crippen molar-refractivity contribution in [2.75, 3.05) is 24.9 Å². The molecule has 0 fully saturated rings. The molecule has 0 aromatic heterocycles. The van der Waals surface area contributed by atoms with Crippen LogP contribution in [0.25, 0.3) is 0 Å². The first-order valence-corrected chi connectivity index (χ1v) is 15.9. The van der Waals surface area contributed by atoms with E-state index in [9.17, 15) is 10.5 Å². The van der Waals surface area contributed by atoms with Gasteiger partial charge < -0.3 is 14.4 Å². The van der Waals surface area contributed by atoms with Gasteiger partial charge in [0.15, 0.2) is 6.73 Å². The first-order valence-electron chi connectivity index (χ1n) is 15.9. The maximum Gasteiger partial charge on any atom is 0.161 e. The van der Waals surface area contributed by atoms with Gasteiger partial charge in [-0.2, -0.15) is 10.5 Å². The Hall–Kier alpha value is -4.52. The summed E-state index contributed by atoms with van der Waals surface area (Å²) in [6, 6.07) is 21.8. The number of rotatable bonds is 4. The molecule has 1 atom stereocenters. The molecule has 6 nitrogen and oxygen atoms in total. The minimum atomic E-state index is -0.110. The number of hydrogen-bond acceptors (Lipinski definition) is 6. The van der Waals surface area contributed by atoms with Crippen LogP contribution < -0.4 is 14.4 Å². The molecular weight excluding hydrogens is 556 g/mol. The molecule has 2 aliphatic carbocycles. The molecule has 2 aliphatic heterocycles. The number of benzene rings is 3. The SMILES string of the molecule is C/C=C\C(C#N)=C/CN1COc2cc3c(cc2C1)C(C)(C)CC31CC(C)(C)c2cc3c(cc21)OCN(c1cccc(C#N)c1)C3. The molecule has 3 aromatic rings. The Morgan fingerprint density at radius 3 is 2.11 bits per heavy atom. The fourth-order valence-corrected chi connectivity index (χ4v) is 8.42. The van der Waals surface area contributed by atoms with Crippen LogP contribution in [0.5, 0.6) is 11.5 Å². The topological polar surface area (TPSA) is 72.5 Å². The van der Waals surface area contributed by atoms with E-state index in [4.69, 9.17) is 9.47 Å². The Labute approximate surface area is 266 Å². The normalized spacial score (nSPS) is 22.6.